The minimum atomic E-state index is -0.219. The Bertz CT molecular complexity index is 647. The number of nitrogens with one attached hydrogen (secondary N) is 1. The number of hydrogen-bond donors (Lipinski definition) is 2. The predicted octanol–water partition coefficient (Wildman–Crippen LogP) is 4.70. The quantitative estimate of drug-likeness (QED) is 0.713. The Kier molecular flexibility index (Phi) is 4.50. The van der Waals surface area contributed by atoms with Gasteiger partial charge in [-0.2, -0.15) is 0 Å². The fourth-order valence-corrected chi connectivity index (χ4v) is 2.61. The number of rotatable bonds is 2. The first-order chi connectivity index (χ1) is 8.97. The maximum atomic E-state index is 12.1. The van der Waals surface area contributed by atoms with Gasteiger partial charge in [-0.25, -0.2) is 0 Å². The van der Waals surface area contributed by atoms with Gasteiger partial charge in [0.2, 0.25) is 0 Å². The van der Waals surface area contributed by atoms with E-state index >= 15 is 0 Å². The molecule has 0 spiro atoms. The zero-order valence-electron chi connectivity index (χ0n) is 9.58. The van der Waals surface area contributed by atoms with Crippen LogP contribution in [0.1, 0.15) is 10.4 Å². The van der Waals surface area contributed by atoms with Crippen molar-refractivity contribution in [3.8, 4) is 0 Å². The van der Waals surface area contributed by atoms with Crippen LogP contribution in [-0.2, 0) is 0 Å². The predicted molar refractivity (Wildman–Crippen MR) is 85.7 cm³/mol. The van der Waals surface area contributed by atoms with Gasteiger partial charge in [0.25, 0.3) is 5.91 Å². The van der Waals surface area contributed by atoms with Crippen molar-refractivity contribution in [1.29, 1.82) is 0 Å². The van der Waals surface area contributed by atoms with Gasteiger partial charge in [0, 0.05) is 25.2 Å². The molecule has 0 saturated carbocycles. The summed E-state index contributed by atoms with van der Waals surface area (Å²) >= 11 is 12.5. The van der Waals surface area contributed by atoms with Crippen LogP contribution in [0.3, 0.4) is 0 Å². The standard InChI is InChI=1S/C13H9Br2ClN2O/c14-9-5-7(1-3-11(9)17)13(19)18-12-4-2-8(16)6-10(12)15/h1-6H,17H2,(H,18,19). The van der Waals surface area contributed by atoms with E-state index in [0.29, 0.717) is 26.4 Å². The molecule has 0 atom stereocenters. The van der Waals surface area contributed by atoms with Gasteiger partial charge in [-0.05, 0) is 68.3 Å². The first kappa shape index (κ1) is 14.4. The summed E-state index contributed by atoms with van der Waals surface area (Å²) in [6, 6.07) is 10.2. The van der Waals surface area contributed by atoms with Gasteiger partial charge >= 0.3 is 0 Å². The van der Waals surface area contributed by atoms with Gasteiger partial charge in [-0.15, -0.1) is 0 Å². The number of nitrogen functional groups attached to an aromatic ring is 1. The number of halogens is 3. The molecule has 0 bridgehead atoms. The highest BCUT2D eigenvalue weighted by Crippen LogP contribution is 2.27. The average Bonchev–Trinajstić information content (AvgIpc) is 2.36. The number of hydrogen-bond acceptors (Lipinski definition) is 2. The molecule has 19 heavy (non-hydrogen) atoms. The normalized spacial score (nSPS) is 10.3. The van der Waals surface area contributed by atoms with Gasteiger partial charge in [0.05, 0.1) is 5.69 Å². The molecule has 3 nitrogen and oxygen atoms in total. The molecule has 2 aromatic rings. The van der Waals surface area contributed by atoms with E-state index in [-0.39, 0.29) is 5.91 Å². The van der Waals surface area contributed by atoms with Gasteiger partial charge in [0.15, 0.2) is 0 Å². The maximum absolute atomic E-state index is 12.1. The largest absolute Gasteiger partial charge is 0.398 e. The molecule has 1 amide bonds. The Morgan fingerprint density at radius 2 is 1.84 bits per heavy atom. The number of anilines is 2. The Morgan fingerprint density at radius 3 is 2.47 bits per heavy atom. The van der Waals surface area contributed by atoms with E-state index < -0.39 is 0 Å². The van der Waals surface area contributed by atoms with Crippen molar-refractivity contribution in [2.75, 3.05) is 11.1 Å². The third-order valence-corrected chi connectivity index (χ3v) is 4.02. The number of amides is 1. The Labute approximate surface area is 132 Å². The lowest BCUT2D eigenvalue weighted by molar-refractivity contribution is 0.102. The SMILES string of the molecule is Nc1ccc(C(=O)Nc2ccc(Cl)cc2Br)cc1Br. The monoisotopic (exact) mass is 402 g/mol. The summed E-state index contributed by atoms with van der Waals surface area (Å²) < 4.78 is 1.41. The lowest BCUT2D eigenvalue weighted by Gasteiger charge is -2.08. The second-order valence-corrected chi connectivity index (χ2v) is 5.96. The summed E-state index contributed by atoms with van der Waals surface area (Å²) in [5.74, 6) is -0.219. The molecule has 6 heteroatoms. The molecule has 3 N–H and O–H groups in total. The van der Waals surface area contributed by atoms with Crippen molar-refractivity contribution in [3.05, 3.63) is 55.9 Å². The number of benzene rings is 2. The van der Waals surface area contributed by atoms with Gasteiger partial charge < -0.3 is 11.1 Å². The van der Waals surface area contributed by atoms with Crippen molar-refractivity contribution >= 4 is 60.7 Å². The fourth-order valence-electron chi connectivity index (χ4n) is 1.45. The van der Waals surface area contributed by atoms with Gasteiger partial charge in [-0.3, -0.25) is 4.79 Å². The van der Waals surface area contributed by atoms with Crippen LogP contribution in [0.2, 0.25) is 5.02 Å². The smallest absolute Gasteiger partial charge is 0.255 e. The molecule has 0 unspecified atom stereocenters. The maximum Gasteiger partial charge on any atom is 0.255 e. The second kappa shape index (κ2) is 5.94. The van der Waals surface area contributed by atoms with E-state index in [9.17, 15) is 4.79 Å². The molecule has 0 fully saturated rings. The number of nitrogens with two attached hydrogens (primary N) is 1. The summed E-state index contributed by atoms with van der Waals surface area (Å²) in [7, 11) is 0. The summed E-state index contributed by atoms with van der Waals surface area (Å²) in [6.07, 6.45) is 0. The van der Waals surface area contributed by atoms with Crippen molar-refractivity contribution in [1.82, 2.24) is 0 Å². The summed E-state index contributed by atoms with van der Waals surface area (Å²) in [5, 5.41) is 3.39. The highest BCUT2D eigenvalue weighted by molar-refractivity contribution is 9.11. The van der Waals surface area contributed by atoms with Crippen LogP contribution in [0.25, 0.3) is 0 Å². The van der Waals surface area contributed by atoms with Crippen molar-refractivity contribution < 1.29 is 4.79 Å². The molecule has 0 saturated heterocycles. The third-order valence-electron chi connectivity index (χ3n) is 2.44. The minimum Gasteiger partial charge on any atom is -0.398 e. The molecule has 0 aromatic heterocycles. The van der Waals surface area contributed by atoms with Gasteiger partial charge in [-0.1, -0.05) is 11.6 Å². The van der Waals surface area contributed by atoms with Crippen LogP contribution in [0.4, 0.5) is 11.4 Å². The fraction of sp³-hybridized carbons (Fsp3) is 0. The summed E-state index contributed by atoms with van der Waals surface area (Å²) in [4.78, 5) is 12.1. The van der Waals surface area contributed by atoms with E-state index in [1.54, 1.807) is 36.4 Å². The Hall–Kier alpha value is -1.04. The van der Waals surface area contributed by atoms with Crippen LogP contribution in [0.5, 0.6) is 0 Å². The van der Waals surface area contributed by atoms with Crippen molar-refractivity contribution in [2.24, 2.45) is 0 Å². The lowest BCUT2D eigenvalue weighted by atomic mass is 10.2. The number of carbonyl (C=O) groups is 1. The third kappa shape index (κ3) is 3.49. The Morgan fingerprint density at radius 1 is 1.11 bits per heavy atom. The van der Waals surface area contributed by atoms with E-state index in [0.717, 1.165) is 4.47 Å². The summed E-state index contributed by atoms with van der Waals surface area (Å²) in [5.41, 5.74) is 7.44. The number of carbonyl (C=O) groups excluding carboxylic acids is 1. The van der Waals surface area contributed by atoms with Crippen LogP contribution in [0, 0.1) is 0 Å². The zero-order chi connectivity index (χ0) is 14.0. The molecule has 0 heterocycles. The van der Waals surface area contributed by atoms with E-state index in [2.05, 4.69) is 37.2 Å². The molecule has 0 aliphatic carbocycles. The molecule has 2 rings (SSSR count). The minimum absolute atomic E-state index is 0.219. The van der Waals surface area contributed by atoms with Crippen LogP contribution in [0.15, 0.2) is 45.3 Å². The van der Waals surface area contributed by atoms with Crippen molar-refractivity contribution in [2.45, 2.75) is 0 Å². The molecular formula is C13H9Br2ClN2O. The first-order valence-electron chi connectivity index (χ1n) is 5.29. The van der Waals surface area contributed by atoms with Crippen molar-refractivity contribution in [3.63, 3.8) is 0 Å². The molecule has 0 aliphatic heterocycles. The Balaban J connectivity index is 2.23. The topological polar surface area (TPSA) is 55.1 Å². The van der Waals surface area contributed by atoms with Crippen LogP contribution < -0.4 is 11.1 Å². The zero-order valence-corrected chi connectivity index (χ0v) is 13.5. The molecule has 98 valence electrons. The average molecular weight is 404 g/mol. The van der Waals surface area contributed by atoms with Crippen LogP contribution >= 0.6 is 43.5 Å². The van der Waals surface area contributed by atoms with E-state index in [1.807, 2.05) is 0 Å². The first-order valence-corrected chi connectivity index (χ1v) is 7.25. The molecule has 0 radical (unpaired) electrons. The lowest BCUT2D eigenvalue weighted by Crippen LogP contribution is -2.12. The highest BCUT2D eigenvalue weighted by atomic mass is 79.9. The van der Waals surface area contributed by atoms with E-state index in [1.165, 1.54) is 0 Å². The molecule has 2 aromatic carbocycles. The molecular weight excluding hydrogens is 395 g/mol. The molecule has 0 aliphatic rings. The highest BCUT2D eigenvalue weighted by Gasteiger charge is 2.10. The van der Waals surface area contributed by atoms with Crippen LogP contribution in [-0.4, -0.2) is 5.91 Å². The second-order valence-electron chi connectivity index (χ2n) is 3.81. The summed E-state index contributed by atoms with van der Waals surface area (Å²) in [6.45, 7) is 0. The van der Waals surface area contributed by atoms with E-state index in [4.69, 9.17) is 17.3 Å². The van der Waals surface area contributed by atoms with Gasteiger partial charge in [0.1, 0.15) is 0 Å².